The van der Waals surface area contributed by atoms with Gasteiger partial charge < -0.3 is 5.73 Å². The molecule has 1 amide bonds. The van der Waals surface area contributed by atoms with Crippen molar-refractivity contribution >= 4 is 34.4 Å². The van der Waals surface area contributed by atoms with Crippen molar-refractivity contribution in [2.75, 3.05) is 0 Å². The largest absolute Gasteiger partial charge is 0.378 e. The molecule has 5 heteroatoms. The van der Waals surface area contributed by atoms with E-state index in [4.69, 9.17) is 17.3 Å². The fourth-order valence-electron chi connectivity index (χ4n) is 1.21. The Morgan fingerprint density at radius 2 is 2.00 bits per heavy atom. The normalized spacial score (nSPS) is 21.1. The molecule has 0 saturated carbocycles. The summed E-state index contributed by atoms with van der Waals surface area (Å²) in [7, 11) is 0. The molecule has 0 aromatic heterocycles. The number of benzene rings is 1. The van der Waals surface area contributed by atoms with Crippen LogP contribution in [0.2, 0.25) is 5.02 Å². The molecule has 1 heterocycles. The number of rotatable bonds is 1. The molecule has 1 aromatic rings. The van der Waals surface area contributed by atoms with Crippen LogP contribution >= 0.6 is 23.4 Å². The Kier molecular flexibility index (Phi) is 2.48. The Labute approximate surface area is 90.3 Å². The van der Waals surface area contributed by atoms with Gasteiger partial charge in [0, 0.05) is 5.02 Å². The van der Waals surface area contributed by atoms with Crippen molar-refractivity contribution < 1.29 is 4.79 Å². The fraction of sp³-hybridized carbons (Fsp3) is 0.111. The third-order valence-electron chi connectivity index (χ3n) is 1.86. The summed E-state index contributed by atoms with van der Waals surface area (Å²) >= 11 is 7.01. The Bertz CT molecular complexity index is 402. The van der Waals surface area contributed by atoms with E-state index in [1.165, 1.54) is 11.8 Å². The van der Waals surface area contributed by atoms with Gasteiger partial charge in [-0.25, -0.2) is 0 Å². The molecule has 0 saturated heterocycles. The third-order valence-corrected chi connectivity index (χ3v) is 3.15. The number of halogens is 1. The van der Waals surface area contributed by atoms with Gasteiger partial charge in [0.1, 0.15) is 5.25 Å². The number of carbonyl (C=O) groups excluding carboxylic acids is 1. The topological polar surface area (TPSA) is 55.4 Å². The van der Waals surface area contributed by atoms with E-state index in [0.717, 1.165) is 5.56 Å². The Morgan fingerprint density at radius 1 is 1.36 bits per heavy atom. The summed E-state index contributed by atoms with van der Waals surface area (Å²) in [4.78, 5) is 15.0. The van der Waals surface area contributed by atoms with Crippen LogP contribution in [-0.2, 0) is 4.79 Å². The highest BCUT2D eigenvalue weighted by Crippen LogP contribution is 2.35. The summed E-state index contributed by atoms with van der Waals surface area (Å²) in [5, 5.41) is 0.681. The van der Waals surface area contributed by atoms with Crippen LogP contribution < -0.4 is 5.73 Å². The van der Waals surface area contributed by atoms with Crippen LogP contribution in [0.15, 0.2) is 29.3 Å². The van der Waals surface area contributed by atoms with E-state index in [1.54, 1.807) is 12.1 Å². The van der Waals surface area contributed by atoms with E-state index in [2.05, 4.69) is 4.99 Å². The van der Waals surface area contributed by atoms with Gasteiger partial charge in [-0.1, -0.05) is 35.5 Å². The van der Waals surface area contributed by atoms with Gasteiger partial charge in [-0.3, -0.25) is 4.79 Å². The molecule has 0 bridgehead atoms. The van der Waals surface area contributed by atoms with Crippen molar-refractivity contribution in [3.05, 3.63) is 34.9 Å². The molecule has 1 aromatic carbocycles. The minimum Gasteiger partial charge on any atom is -0.378 e. The second-order valence-corrected chi connectivity index (χ2v) is 4.40. The number of hydrogen-bond acceptors (Lipinski definition) is 3. The van der Waals surface area contributed by atoms with E-state index in [0.29, 0.717) is 10.2 Å². The number of hydrogen-bond donors (Lipinski definition) is 1. The van der Waals surface area contributed by atoms with Crippen LogP contribution in [0, 0.1) is 0 Å². The quantitative estimate of drug-likeness (QED) is 0.797. The molecule has 1 atom stereocenters. The van der Waals surface area contributed by atoms with Crippen molar-refractivity contribution in [3.63, 3.8) is 0 Å². The van der Waals surface area contributed by atoms with Gasteiger partial charge >= 0.3 is 0 Å². The molecule has 1 aliphatic rings. The van der Waals surface area contributed by atoms with Crippen molar-refractivity contribution in [2.45, 2.75) is 5.25 Å². The summed E-state index contributed by atoms with van der Waals surface area (Å²) in [6.45, 7) is 0. The van der Waals surface area contributed by atoms with Gasteiger partial charge in [-0.15, -0.1) is 0 Å². The van der Waals surface area contributed by atoms with E-state index in [-0.39, 0.29) is 11.2 Å². The number of aliphatic imine (C=N–C) groups is 1. The number of nitrogens with zero attached hydrogens (tertiary/aromatic N) is 1. The molecule has 2 N–H and O–H groups in total. The SMILES string of the molecule is NC1=NC(=O)[C@@H](c2ccc(Cl)cc2)S1. The van der Waals surface area contributed by atoms with Crippen LogP contribution in [0.1, 0.15) is 10.8 Å². The zero-order valence-electron chi connectivity index (χ0n) is 7.11. The predicted molar refractivity (Wildman–Crippen MR) is 58.4 cm³/mol. The average molecular weight is 227 g/mol. The second-order valence-electron chi connectivity index (χ2n) is 2.84. The van der Waals surface area contributed by atoms with E-state index >= 15 is 0 Å². The van der Waals surface area contributed by atoms with E-state index in [9.17, 15) is 4.79 Å². The maximum atomic E-state index is 11.3. The fourth-order valence-corrected chi connectivity index (χ4v) is 2.17. The molecule has 0 aliphatic carbocycles. The molecular weight excluding hydrogens is 220 g/mol. The highest BCUT2D eigenvalue weighted by Gasteiger charge is 2.28. The van der Waals surface area contributed by atoms with Crippen LogP contribution in [0.3, 0.4) is 0 Å². The highest BCUT2D eigenvalue weighted by atomic mass is 35.5. The monoisotopic (exact) mass is 226 g/mol. The Hall–Kier alpha value is -1.000. The molecule has 14 heavy (non-hydrogen) atoms. The van der Waals surface area contributed by atoms with Gasteiger partial charge in [0.25, 0.3) is 5.91 Å². The van der Waals surface area contributed by atoms with Gasteiger partial charge in [0.2, 0.25) is 0 Å². The number of thioether (sulfide) groups is 1. The Morgan fingerprint density at radius 3 is 2.50 bits per heavy atom. The number of nitrogens with two attached hydrogens (primary N) is 1. The summed E-state index contributed by atoms with van der Waals surface area (Å²) < 4.78 is 0. The predicted octanol–water partition coefficient (Wildman–Crippen LogP) is 1.97. The van der Waals surface area contributed by atoms with Crippen molar-refractivity contribution in [1.29, 1.82) is 0 Å². The lowest BCUT2D eigenvalue weighted by molar-refractivity contribution is -0.117. The van der Waals surface area contributed by atoms with Crippen molar-refractivity contribution in [1.82, 2.24) is 0 Å². The first-order valence-electron chi connectivity index (χ1n) is 3.97. The first-order chi connectivity index (χ1) is 6.66. The van der Waals surface area contributed by atoms with Gasteiger partial charge in [-0.05, 0) is 17.7 Å². The smallest absolute Gasteiger partial charge is 0.266 e. The lowest BCUT2D eigenvalue weighted by Gasteiger charge is -2.05. The minimum atomic E-state index is -0.299. The lowest BCUT2D eigenvalue weighted by Crippen LogP contribution is -2.02. The van der Waals surface area contributed by atoms with Crippen LogP contribution in [-0.4, -0.2) is 11.1 Å². The highest BCUT2D eigenvalue weighted by molar-refractivity contribution is 8.15. The van der Waals surface area contributed by atoms with E-state index in [1.807, 2.05) is 12.1 Å². The number of amidine groups is 1. The maximum Gasteiger partial charge on any atom is 0.266 e. The summed E-state index contributed by atoms with van der Waals surface area (Å²) in [5.41, 5.74) is 6.33. The molecule has 2 rings (SSSR count). The second kappa shape index (κ2) is 3.63. The Balaban J connectivity index is 2.26. The molecule has 3 nitrogen and oxygen atoms in total. The summed E-state index contributed by atoms with van der Waals surface area (Å²) in [5.74, 6) is -0.199. The molecule has 0 fully saturated rings. The van der Waals surface area contributed by atoms with Gasteiger partial charge in [0.05, 0.1) is 0 Å². The number of carbonyl (C=O) groups is 1. The molecule has 72 valence electrons. The van der Waals surface area contributed by atoms with Crippen molar-refractivity contribution in [3.8, 4) is 0 Å². The van der Waals surface area contributed by atoms with Crippen LogP contribution in [0.25, 0.3) is 0 Å². The van der Waals surface area contributed by atoms with Gasteiger partial charge in [-0.2, -0.15) is 4.99 Å². The standard InChI is InChI=1S/C9H7ClN2OS/c10-6-3-1-5(2-4-6)7-8(13)12-9(11)14-7/h1-4,7H,(H2,11,12,13)/t7-/m1/s1. The molecule has 0 spiro atoms. The first kappa shape index (κ1) is 9.55. The molecule has 1 aliphatic heterocycles. The first-order valence-corrected chi connectivity index (χ1v) is 5.23. The van der Waals surface area contributed by atoms with Crippen LogP contribution in [0.4, 0.5) is 0 Å². The third kappa shape index (κ3) is 1.76. The van der Waals surface area contributed by atoms with Gasteiger partial charge in [0.15, 0.2) is 5.17 Å². The number of amides is 1. The summed E-state index contributed by atoms with van der Waals surface area (Å²) in [6, 6.07) is 7.12. The van der Waals surface area contributed by atoms with E-state index < -0.39 is 0 Å². The zero-order chi connectivity index (χ0) is 10.1. The zero-order valence-corrected chi connectivity index (χ0v) is 8.68. The molecular formula is C9H7ClN2OS. The average Bonchev–Trinajstić information content (AvgIpc) is 2.47. The minimum absolute atomic E-state index is 0.199. The molecule has 0 unspecified atom stereocenters. The summed E-state index contributed by atoms with van der Waals surface area (Å²) in [6.07, 6.45) is 0. The lowest BCUT2D eigenvalue weighted by atomic mass is 10.1. The van der Waals surface area contributed by atoms with Crippen LogP contribution in [0.5, 0.6) is 0 Å². The van der Waals surface area contributed by atoms with Crippen molar-refractivity contribution in [2.24, 2.45) is 10.7 Å². The molecule has 0 radical (unpaired) electrons. The maximum absolute atomic E-state index is 11.3.